The zero-order valence-corrected chi connectivity index (χ0v) is 14.2. The third-order valence-corrected chi connectivity index (χ3v) is 4.92. The fourth-order valence-electron chi connectivity index (χ4n) is 3.63. The van der Waals surface area contributed by atoms with Crippen LogP contribution in [0.1, 0.15) is 29.0 Å². The molecule has 0 spiro atoms. The first-order chi connectivity index (χ1) is 12.2. The van der Waals surface area contributed by atoms with E-state index in [1.165, 1.54) is 16.7 Å². The molecule has 0 saturated carbocycles. The van der Waals surface area contributed by atoms with Crippen molar-refractivity contribution < 1.29 is 4.39 Å². The fraction of sp³-hybridized carbons (Fsp3) is 0.238. The number of fused-ring (bicyclic) bond motifs is 1. The molecule has 0 saturated heterocycles. The second-order valence-electron chi connectivity index (χ2n) is 6.67. The van der Waals surface area contributed by atoms with Crippen LogP contribution in [0.4, 0.5) is 4.39 Å². The van der Waals surface area contributed by atoms with Crippen molar-refractivity contribution in [2.45, 2.75) is 18.9 Å². The minimum atomic E-state index is -0.186. The summed E-state index contributed by atoms with van der Waals surface area (Å²) in [6.07, 6.45) is 6.26. The van der Waals surface area contributed by atoms with Crippen molar-refractivity contribution in [2.24, 2.45) is 0 Å². The minimum Gasteiger partial charge on any atom is -0.302 e. The van der Waals surface area contributed by atoms with Gasteiger partial charge in [0.15, 0.2) is 0 Å². The van der Waals surface area contributed by atoms with Crippen molar-refractivity contribution >= 4 is 0 Å². The molecule has 3 nitrogen and oxygen atoms in total. The topological polar surface area (TPSA) is 29.0 Å². The minimum absolute atomic E-state index is 0.186. The number of aromatic nitrogens is 2. The van der Waals surface area contributed by atoms with Crippen molar-refractivity contribution in [3.8, 4) is 11.1 Å². The van der Waals surface area contributed by atoms with Gasteiger partial charge in [0.05, 0.1) is 0 Å². The van der Waals surface area contributed by atoms with Crippen LogP contribution in [0, 0.1) is 5.82 Å². The van der Waals surface area contributed by atoms with E-state index in [-0.39, 0.29) is 5.82 Å². The highest BCUT2D eigenvalue weighted by Crippen LogP contribution is 2.35. The van der Waals surface area contributed by atoms with Gasteiger partial charge in [0.25, 0.3) is 0 Å². The van der Waals surface area contributed by atoms with E-state index >= 15 is 0 Å². The highest BCUT2D eigenvalue weighted by Gasteiger charge is 2.22. The first kappa shape index (κ1) is 15.9. The monoisotopic (exact) mass is 333 g/mol. The summed E-state index contributed by atoms with van der Waals surface area (Å²) in [5.74, 6) is 0.107. The lowest BCUT2D eigenvalue weighted by molar-refractivity contribution is 0.328. The molecule has 0 radical (unpaired) electrons. The van der Waals surface area contributed by atoms with Crippen LogP contribution in [-0.2, 0) is 6.54 Å². The van der Waals surface area contributed by atoms with Gasteiger partial charge in [0.1, 0.15) is 12.1 Å². The maximum absolute atomic E-state index is 13.3. The molecule has 0 aliphatic carbocycles. The molecule has 1 aromatic heterocycles. The van der Waals surface area contributed by atoms with Crippen LogP contribution in [0.15, 0.2) is 61.2 Å². The molecule has 4 heteroatoms. The molecular formula is C21H20FN3. The molecule has 126 valence electrons. The first-order valence-electron chi connectivity index (χ1n) is 8.53. The Morgan fingerprint density at radius 1 is 1.00 bits per heavy atom. The Kier molecular flexibility index (Phi) is 4.28. The molecule has 0 bridgehead atoms. The number of hydrogen-bond donors (Lipinski definition) is 0. The van der Waals surface area contributed by atoms with Gasteiger partial charge in [-0.25, -0.2) is 14.4 Å². The molecule has 25 heavy (non-hydrogen) atoms. The Labute approximate surface area is 147 Å². The molecule has 1 unspecified atom stereocenters. The van der Waals surface area contributed by atoms with Gasteiger partial charge >= 0.3 is 0 Å². The molecule has 2 heterocycles. The van der Waals surface area contributed by atoms with Gasteiger partial charge in [0.2, 0.25) is 0 Å². The van der Waals surface area contributed by atoms with E-state index in [1.54, 1.807) is 18.5 Å². The quantitative estimate of drug-likeness (QED) is 0.702. The highest BCUT2D eigenvalue weighted by molar-refractivity contribution is 5.63. The summed E-state index contributed by atoms with van der Waals surface area (Å²) in [6.45, 7) is 1.93. The molecule has 4 rings (SSSR count). The van der Waals surface area contributed by atoms with Crippen LogP contribution < -0.4 is 0 Å². The van der Waals surface area contributed by atoms with Gasteiger partial charge in [-0.15, -0.1) is 0 Å². The average Bonchev–Trinajstić information content (AvgIpc) is 2.81. The average molecular weight is 333 g/mol. The summed E-state index contributed by atoms with van der Waals surface area (Å²) in [6, 6.07) is 13.5. The van der Waals surface area contributed by atoms with Crippen LogP contribution >= 0.6 is 0 Å². The van der Waals surface area contributed by atoms with Crippen LogP contribution in [0.2, 0.25) is 0 Å². The predicted molar refractivity (Wildman–Crippen MR) is 96.7 cm³/mol. The van der Waals surface area contributed by atoms with Crippen LogP contribution in [0.25, 0.3) is 11.1 Å². The third-order valence-electron chi connectivity index (χ3n) is 4.92. The van der Waals surface area contributed by atoms with E-state index in [0.717, 1.165) is 30.6 Å². The van der Waals surface area contributed by atoms with Crippen molar-refractivity contribution in [1.29, 1.82) is 0 Å². The zero-order chi connectivity index (χ0) is 17.2. The molecule has 3 aromatic rings. The predicted octanol–water partition coefficient (Wildman–Crippen LogP) is 4.25. The van der Waals surface area contributed by atoms with Crippen molar-refractivity contribution in [2.75, 3.05) is 13.6 Å². The third kappa shape index (κ3) is 3.30. The van der Waals surface area contributed by atoms with Gasteiger partial charge in [-0.1, -0.05) is 24.3 Å². The van der Waals surface area contributed by atoms with Crippen molar-refractivity contribution in [1.82, 2.24) is 14.9 Å². The van der Waals surface area contributed by atoms with Crippen LogP contribution in [0.3, 0.4) is 0 Å². The Hall–Kier alpha value is -2.59. The summed E-state index contributed by atoms with van der Waals surface area (Å²) in [5.41, 5.74) is 5.98. The van der Waals surface area contributed by atoms with Gasteiger partial charge in [0, 0.05) is 30.4 Å². The second-order valence-corrected chi connectivity index (χ2v) is 6.67. The largest absolute Gasteiger partial charge is 0.302 e. The summed E-state index contributed by atoms with van der Waals surface area (Å²) in [5, 5.41) is 0. The number of benzene rings is 2. The molecule has 2 aromatic carbocycles. The van der Waals surface area contributed by atoms with Crippen LogP contribution in [0.5, 0.6) is 0 Å². The standard InChI is InChI=1S/C21H20FN3/c1-25-9-8-21(15-2-5-19(22)6-3-15)20-7-4-16(10-17(20)13-25)18-11-23-14-24-12-18/h2-7,10-12,14,21H,8-9,13H2,1H3. The summed E-state index contributed by atoms with van der Waals surface area (Å²) in [7, 11) is 2.15. The lowest BCUT2D eigenvalue weighted by Gasteiger charge is -2.18. The molecule has 0 fully saturated rings. The van der Waals surface area contributed by atoms with E-state index in [2.05, 4.69) is 40.1 Å². The SMILES string of the molecule is CN1CCC(c2ccc(F)cc2)c2ccc(-c3cncnc3)cc2C1. The van der Waals surface area contributed by atoms with Gasteiger partial charge in [-0.3, -0.25) is 0 Å². The first-order valence-corrected chi connectivity index (χ1v) is 8.53. The summed E-state index contributed by atoms with van der Waals surface area (Å²) >= 11 is 0. The molecule has 1 aliphatic heterocycles. The van der Waals surface area contributed by atoms with Gasteiger partial charge in [-0.2, -0.15) is 0 Å². The molecular weight excluding hydrogens is 313 g/mol. The summed E-state index contributed by atoms with van der Waals surface area (Å²) < 4.78 is 13.3. The maximum atomic E-state index is 13.3. The summed E-state index contributed by atoms with van der Waals surface area (Å²) in [4.78, 5) is 10.6. The maximum Gasteiger partial charge on any atom is 0.123 e. The lowest BCUT2D eigenvalue weighted by atomic mass is 9.85. The lowest BCUT2D eigenvalue weighted by Crippen LogP contribution is -2.17. The number of nitrogens with zero attached hydrogens (tertiary/aromatic N) is 3. The number of hydrogen-bond acceptors (Lipinski definition) is 3. The van der Waals surface area contributed by atoms with E-state index in [9.17, 15) is 4.39 Å². The van der Waals surface area contributed by atoms with Crippen LogP contribution in [-0.4, -0.2) is 28.5 Å². The normalized spacial score (nSPS) is 17.8. The Morgan fingerprint density at radius 3 is 2.52 bits per heavy atom. The second kappa shape index (κ2) is 6.73. The van der Waals surface area contributed by atoms with Crippen molar-refractivity contribution in [3.63, 3.8) is 0 Å². The van der Waals surface area contributed by atoms with E-state index in [4.69, 9.17) is 0 Å². The van der Waals surface area contributed by atoms with E-state index in [1.807, 2.05) is 24.5 Å². The molecule has 0 amide bonds. The highest BCUT2D eigenvalue weighted by atomic mass is 19.1. The molecule has 0 N–H and O–H groups in total. The van der Waals surface area contributed by atoms with Crippen molar-refractivity contribution in [3.05, 3.63) is 83.7 Å². The molecule has 1 atom stereocenters. The fourth-order valence-corrected chi connectivity index (χ4v) is 3.63. The Bertz CT molecular complexity index is 862. The Morgan fingerprint density at radius 2 is 1.76 bits per heavy atom. The zero-order valence-electron chi connectivity index (χ0n) is 14.2. The molecule has 1 aliphatic rings. The number of halogens is 1. The van der Waals surface area contributed by atoms with E-state index < -0.39 is 0 Å². The Balaban J connectivity index is 1.78. The van der Waals surface area contributed by atoms with Gasteiger partial charge < -0.3 is 4.90 Å². The van der Waals surface area contributed by atoms with E-state index in [0.29, 0.717) is 5.92 Å². The number of rotatable bonds is 2. The van der Waals surface area contributed by atoms with Gasteiger partial charge in [-0.05, 0) is 60.5 Å². The smallest absolute Gasteiger partial charge is 0.123 e.